The minimum absolute atomic E-state index is 0.280. The molecule has 0 saturated heterocycles. The Morgan fingerprint density at radius 3 is 2.29 bits per heavy atom. The third-order valence-corrected chi connectivity index (χ3v) is 3.55. The maximum absolute atomic E-state index is 13.6. The van der Waals surface area contributed by atoms with E-state index in [0.717, 1.165) is 0 Å². The molecule has 0 radical (unpaired) electrons. The van der Waals surface area contributed by atoms with Crippen LogP contribution >= 0.6 is 0 Å². The highest BCUT2D eigenvalue weighted by atomic mass is 19.2. The van der Waals surface area contributed by atoms with Crippen LogP contribution in [0.4, 0.5) is 17.6 Å². The summed E-state index contributed by atoms with van der Waals surface area (Å²) in [6, 6.07) is -1.12. The van der Waals surface area contributed by atoms with Gasteiger partial charge in [-0.05, 0) is 11.8 Å². The Morgan fingerprint density at radius 1 is 1.29 bits per heavy atom. The molecule has 0 aromatic carbocycles. The van der Waals surface area contributed by atoms with Gasteiger partial charge in [-0.3, -0.25) is 0 Å². The quantitative estimate of drug-likeness (QED) is 0.704. The summed E-state index contributed by atoms with van der Waals surface area (Å²) in [5.41, 5.74) is 10.3. The van der Waals surface area contributed by atoms with Crippen molar-refractivity contribution < 1.29 is 17.6 Å². The van der Waals surface area contributed by atoms with Crippen LogP contribution in [0.25, 0.3) is 0 Å². The molecule has 5 atom stereocenters. The van der Waals surface area contributed by atoms with Gasteiger partial charge in [0.1, 0.15) is 12.2 Å². The second-order valence-corrected chi connectivity index (χ2v) is 4.47. The topological polar surface area (TPSA) is 52.0 Å². The molecule has 1 unspecified atom stereocenters. The number of hydrogen-bond acceptors (Lipinski definition) is 2. The Kier molecular flexibility index (Phi) is 4.19. The van der Waals surface area contributed by atoms with Crippen LogP contribution in [0, 0.1) is 17.8 Å². The molecule has 98 valence electrons. The van der Waals surface area contributed by atoms with Crippen LogP contribution in [0.2, 0.25) is 0 Å². The SMILES string of the molecule is C[C@@H]1[C@H](C)[C@H](N)C(F)C(F)=C(N)[C@@H]1/C(F)=C/F. The lowest BCUT2D eigenvalue weighted by atomic mass is 9.80. The molecule has 0 heterocycles. The minimum atomic E-state index is -2.08. The lowest BCUT2D eigenvalue weighted by molar-refractivity contribution is 0.199. The number of halogens is 4. The van der Waals surface area contributed by atoms with Crippen LogP contribution in [0.1, 0.15) is 13.8 Å². The molecule has 6 heteroatoms. The average molecular weight is 252 g/mol. The van der Waals surface area contributed by atoms with Crippen molar-refractivity contribution in [1.29, 1.82) is 0 Å². The maximum Gasteiger partial charge on any atom is 0.168 e. The summed E-state index contributed by atoms with van der Waals surface area (Å²) in [7, 11) is 0. The molecular formula is C11H16F4N2. The fourth-order valence-electron chi connectivity index (χ4n) is 2.15. The molecule has 0 aromatic heterocycles. The van der Waals surface area contributed by atoms with Crippen LogP contribution in [0.15, 0.2) is 23.7 Å². The molecule has 2 nitrogen and oxygen atoms in total. The van der Waals surface area contributed by atoms with Gasteiger partial charge >= 0.3 is 0 Å². The second-order valence-electron chi connectivity index (χ2n) is 4.47. The normalized spacial score (nSPS) is 40.4. The summed E-state index contributed by atoms with van der Waals surface area (Å²) in [6.45, 7) is 3.10. The van der Waals surface area contributed by atoms with E-state index < -0.39 is 47.3 Å². The number of nitrogens with two attached hydrogens (primary N) is 2. The minimum Gasteiger partial charge on any atom is -0.399 e. The summed E-state index contributed by atoms with van der Waals surface area (Å²) in [4.78, 5) is 0. The zero-order valence-electron chi connectivity index (χ0n) is 9.63. The fraction of sp³-hybridized carbons (Fsp3) is 0.636. The van der Waals surface area contributed by atoms with E-state index in [-0.39, 0.29) is 6.33 Å². The molecule has 0 aromatic rings. The predicted octanol–water partition coefficient (Wildman–Crippen LogP) is 2.47. The summed E-state index contributed by atoms with van der Waals surface area (Å²) in [5, 5.41) is 0. The first-order chi connectivity index (χ1) is 7.82. The van der Waals surface area contributed by atoms with Gasteiger partial charge in [0.15, 0.2) is 12.0 Å². The lowest BCUT2D eigenvalue weighted by Gasteiger charge is -2.28. The Balaban J connectivity index is 3.28. The van der Waals surface area contributed by atoms with Crippen molar-refractivity contribution in [2.75, 3.05) is 0 Å². The van der Waals surface area contributed by atoms with Crippen molar-refractivity contribution >= 4 is 0 Å². The fourth-order valence-corrected chi connectivity index (χ4v) is 2.15. The molecule has 0 spiro atoms. The first-order valence-electron chi connectivity index (χ1n) is 5.33. The van der Waals surface area contributed by atoms with Gasteiger partial charge in [0.2, 0.25) is 0 Å². The lowest BCUT2D eigenvalue weighted by Crippen LogP contribution is -2.40. The molecular weight excluding hydrogens is 236 g/mol. The van der Waals surface area contributed by atoms with Crippen LogP contribution in [0.3, 0.4) is 0 Å². The van der Waals surface area contributed by atoms with E-state index in [0.29, 0.717) is 0 Å². The summed E-state index contributed by atoms with van der Waals surface area (Å²) >= 11 is 0. The number of alkyl halides is 1. The van der Waals surface area contributed by atoms with Crippen LogP contribution in [-0.2, 0) is 0 Å². The number of hydrogen-bond donors (Lipinski definition) is 2. The number of rotatable bonds is 1. The van der Waals surface area contributed by atoms with E-state index in [2.05, 4.69) is 0 Å². The van der Waals surface area contributed by atoms with E-state index in [1.165, 1.54) is 6.92 Å². The second kappa shape index (κ2) is 5.08. The zero-order chi connectivity index (χ0) is 13.3. The Hall–Kier alpha value is -1.04. The van der Waals surface area contributed by atoms with Crippen LogP contribution in [0.5, 0.6) is 0 Å². The molecule has 4 N–H and O–H groups in total. The van der Waals surface area contributed by atoms with E-state index in [9.17, 15) is 17.6 Å². The van der Waals surface area contributed by atoms with Crippen molar-refractivity contribution in [3.63, 3.8) is 0 Å². The van der Waals surface area contributed by atoms with Crippen LogP contribution < -0.4 is 11.5 Å². The molecule has 0 aliphatic heterocycles. The van der Waals surface area contributed by atoms with Crippen molar-refractivity contribution in [2.24, 2.45) is 29.2 Å². The largest absolute Gasteiger partial charge is 0.399 e. The van der Waals surface area contributed by atoms with Gasteiger partial charge in [-0.15, -0.1) is 0 Å². The van der Waals surface area contributed by atoms with Crippen molar-refractivity contribution in [3.8, 4) is 0 Å². The third kappa shape index (κ3) is 2.31. The Morgan fingerprint density at radius 2 is 1.82 bits per heavy atom. The molecule has 1 aliphatic rings. The molecule has 1 rings (SSSR count). The Bertz CT molecular complexity index is 353. The van der Waals surface area contributed by atoms with Crippen molar-refractivity contribution in [3.05, 3.63) is 23.7 Å². The highest BCUT2D eigenvalue weighted by Crippen LogP contribution is 2.40. The number of allylic oxidation sites excluding steroid dienone is 1. The van der Waals surface area contributed by atoms with Gasteiger partial charge in [-0.2, -0.15) is 0 Å². The molecule has 0 saturated carbocycles. The first-order valence-corrected chi connectivity index (χ1v) is 5.33. The van der Waals surface area contributed by atoms with E-state index in [4.69, 9.17) is 11.5 Å². The maximum atomic E-state index is 13.6. The van der Waals surface area contributed by atoms with E-state index in [1.807, 2.05) is 0 Å². The predicted molar refractivity (Wildman–Crippen MR) is 57.3 cm³/mol. The summed E-state index contributed by atoms with van der Waals surface area (Å²) < 4.78 is 52.7. The molecule has 17 heavy (non-hydrogen) atoms. The summed E-state index contributed by atoms with van der Waals surface area (Å²) in [5.74, 6) is -4.94. The van der Waals surface area contributed by atoms with E-state index in [1.54, 1.807) is 6.92 Å². The van der Waals surface area contributed by atoms with Crippen molar-refractivity contribution in [2.45, 2.75) is 26.1 Å². The highest BCUT2D eigenvalue weighted by molar-refractivity contribution is 5.24. The van der Waals surface area contributed by atoms with Gasteiger partial charge in [0, 0.05) is 6.04 Å². The average Bonchev–Trinajstić information content (AvgIpc) is 2.37. The molecule has 0 amide bonds. The van der Waals surface area contributed by atoms with Gasteiger partial charge in [0.25, 0.3) is 0 Å². The van der Waals surface area contributed by atoms with Gasteiger partial charge in [0.05, 0.1) is 11.6 Å². The molecule has 0 bridgehead atoms. The van der Waals surface area contributed by atoms with Crippen molar-refractivity contribution in [1.82, 2.24) is 0 Å². The summed E-state index contributed by atoms with van der Waals surface area (Å²) in [6.07, 6.45) is -2.36. The van der Waals surface area contributed by atoms with E-state index >= 15 is 0 Å². The van der Waals surface area contributed by atoms with Gasteiger partial charge in [-0.1, -0.05) is 13.8 Å². The third-order valence-electron chi connectivity index (χ3n) is 3.55. The molecule has 0 fully saturated rings. The first kappa shape index (κ1) is 14.0. The van der Waals surface area contributed by atoms with Gasteiger partial charge in [-0.25, -0.2) is 17.6 Å². The van der Waals surface area contributed by atoms with Crippen LogP contribution in [-0.4, -0.2) is 12.2 Å². The molecule has 1 aliphatic carbocycles. The standard InChI is InChI=1S/C11H16F4N2/c1-4-5(2)10(16)8(14)9(15)11(17)7(4)6(13)3-12/h3-5,7-8,10H,16-17H2,1-2H3/b6-3-/t4-,5+,7+,8?,10+/m1/s1. The van der Waals surface area contributed by atoms with Gasteiger partial charge < -0.3 is 11.5 Å². The highest BCUT2D eigenvalue weighted by Gasteiger charge is 2.42. The smallest absolute Gasteiger partial charge is 0.168 e. The Labute approximate surface area is 97.3 Å². The zero-order valence-corrected chi connectivity index (χ0v) is 9.63. The monoisotopic (exact) mass is 252 g/mol.